The number of nitrogens with zero attached hydrogens (tertiary/aromatic N) is 1. The molecule has 0 saturated carbocycles. The van der Waals surface area contributed by atoms with Gasteiger partial charge in [0.15, 0.2) is 0 Å². The third-order valence-corrected chi connectivity index (χ3v) is 3.80. The van der Waals surface area contributed by atoms with Crippen LogP contribution in [-0.4, -0.2) is 25.7 Å². The molecule has 90 valence electrons. The summed E-state index contributed by atoms with van der Waals surface area (Å²) in [6.07, 6.45) is 3.41. The van der Waals surface area contributed by atoms with Crippen molar-refractivity contribution in [2.45, 2.75) is 17.6 Å². The quantitative estimate of drug-likeness (QED) is 0.203. The van der Waals surface area contributed by atoms with E-state index in [-0.39, 0.29) is 11.5 Å². The van der Waals surface area contributed by atoms with Crippen LogP contribution in [-0.2, 0) is 0 Å². The van der Waals surface area contributed by atoms with Gasteiger partial charge >= 0.3 is 106 Å². The zero-order chi connectivity index (χ0) is 12.7. The van der Waals surface area contributed by atoms with Crippen LogP contribution in [0, 0.1) is 10.1 Å². The van der Waals surface area contributed by atoms with E-state index in [1.165, 1.54) is 24.3 Å². The van der Waals surface area contributed by atoms with Gasteiger partial charge in [0.1, 0.15) is 0 Å². The van der Waals surface area contributed by atoms with Gasteiger partial charge in [0.2, 0.25) is 0 Å². The van der Waals surface area contributed by atoms with Crippen LogP contribution in [0.1, 0.15) is 17.3 Å². The van der Waals surface area contributed by atoms with Gasteiger partial charge in [0.05, 0.1) is 0 Å². The monoisotopic (exact) mass is 299 g/mol. The number of non-ortho nitro benzene ring substituents is 1. The van der Waals surface area contributed by atoms with Gasteiger partial charge in [-0.3, -0.25) is 0 Å². The maximum absolute atomic E-state index is 11.6. The summed E-state index contributed by atoms with van der Waals surface area (Å²) in [5, 5.41) is 12.5. The minimum absolute atomic E-state index is 0.000143. The standard InChI is InChI=1S/C12H13NO3Se/c1-2-17-9-3-4-12(14)10-5-7-11(8-6-10)13(15)16/h3-8H,2,9H2,1H3/b4-3+. The zero-order valence-electron chi connectivity index (χ0n) is 9.46. The number of benzene rings is 1. The summed E-state index contributed by atoms with van der Waals surface area (Å²) in [5.41, 5.74) is 0.482. The fraction of sp³-hybridized carbons (Fsp3) is 0.250. The van der Waals surface area contributed by atoms with Crippen molar-refractivity contribution in [1.82, 2.24) is 0 Å². The summed E-state index contributed by atoms with van der Waals surface area (Å²) in [4.78, 5) is 21.6. The topological polar surface area (TPSA) is 60.2 Å². The van der Waals surface area contributed by atoms with Gasteiger partial charge in [-0.25, -0.2) is 0 Å². The van der Waals surface area contributed by atoms with E-state index >= 15 is 0 Å². The number of carbonyl (C=O) groups is 1. The molecule has 0 N–H and O–H groups in total. The number of allylic oxidation sites excluding steroid dienone is 2. The van der Waals surface area contributed by atoms with E-state index in [0.717, 1.165) is 10.6 Å². The Morgan fingerprint density at radius 1 is 1.41 bits per heavy atom. The Hall–Kier alpha value is -1.45. The molecule has 5 heteroatoms. The first-order valence-corrected chi connectivity index (χ1v) is 7.60. The first kappa shape index (κ1) is 13.6. The molecule has 0 amide bonds. The molecule has 1 aromatic carbocycles. The molecule has 0 bridgehead atoms. The van der Waals surface area contributed by atoms with Crippen molar-refractivity contribution in [3.8, 4) is 0 Å². The van der Waals surface area contributed by atoms with Gasteiger partial charge in [-0.15, -0.1) is 0 Å². The normalized spacial score (nSPS) is 10.6. The Morgan fingerprint density at radius 2 is 2.06 bits per heavy atom. The van der Waals surface area contributed by atoms with Crippen molar-refractivity contribution in [2.24, 2.45) is 0 Å². The third-order valence-electron chi connectivity index (χ3n) is 2.05. The molecular weight excluding hydrogens is 285 g/mol. The van der Waals surface area contributed by atoms with Crippen LogP contribution in [0.25, 0.3) is 0 Å². The van der Waals surface area contributed by atoms with Crippen LogP contribution < -0.4 is 0 Å². The second-order valence-electron chi connectivity index (χ2n) is 3.23. The van der Waals surface area contributed by atoms with Gasteiger partial charge in [0, 0.05) is 0 Å². The number of hydrogen-bond acceptors (Lipinski definition) is 3. The average molecular weight is 298 g/mol. The van der Waals surface area contributed by atoms with Crippen LogP contribution in [0.2, 0.25) is 10.6 Å². The second kappa shape index (κ2) is 6.99. The van der Waals surface area contributed by atoms with Crippen LogP contribution in [0.5, 0.6) is 0 Å². The maximum atomic E-state index is 11.6. The van der Waals surface area contributed by atoms with E-state index in [2.05, 4.69) is 6.92 Å². The van der Waals surface area contributed by atoms with Gasteiger partial charge in [-0.1, -0.05) is 0 Å². The molecule has 0 spiro atoms. The van der Waals surface area contributed by atoms with E-state index < -0.39 is 4.92 Å². The predicted octanol–water partition coefficient (Wildman–Crippen LogP) is 2.89. The Kier molecular flexibility index (Phi) is 5.60. The molecule has 0 radical (unpaired) electrons. The number of ketones is 1. The van der Waals surface area contributed by atoms with Gasteiger partial charge in [0.25, 0.3) is 0 Å². The molecule has 17 heavy (non-hydrogen) atoms. The van der Waals surface area contributed by atoms with Crippen molar-refractivity contribution in [1.29, 1.82) is 0 Å². The summed E-state index contributed by atoms with van der Waals surface area (Å²) in [5.74, 6) is -0.105. The summed E-state index contributed by atoms with van der Waals surface area (Å²) in [6.45, 7) is 2.12. The Labute approximate surface area is 106 Å². The molecule has 0 unspecified atom stereocenters. The fourth-order valence-electron chi connectivity index (χ4n) is 1.18. The summed E-state index contributed by atoms with van der Waals surface area (Å²) in [6, 6.07) is 5.65. The molecule has 0 aliphatic carbocycles. The van der Waals surface area contributed by atoms with Gasteiger partial charge in [-0.2, -0.15) is 0 Å². The first-order chi connectivity index (χ1) is 8.15. The molecule has 0 fully saturated rings. The Balaban J connectivity index is 2.63. The van der Waals surface area contributed by atoms with Crippen molar-refractivity contribution in [2.75, 3.05) is 0 Å². The van der Waals surface area contributed by atoms with Crippen LogP contribution in [0.4, 0.5) is 5.69 Å². The van der Waals surface area contributed by atoms with Crippen LogP contribution in [0.3, 0.4) is 0 Å². The molecule has 0 saturated heterocycles. The van der Waals surface area contributed by atoms with E-state index in [4.69, 9.17) is 0 Å². The van der Waals surface area contributed by atoms with Gasteiger partial charge < -0.3 is 0 Å². The fourth-order valence-corrected chi connectivity index (χ4v) is 2.17. The Bertz CT molecular complexity index is 426. The molecule has 0 atom stereocenters. The SMILES string of the molecule is CC[Se]C/C=C/C(=O)c1ccc([N+](=O)[O-])cc1. The van der Waals surface area contributed by atoms with Crippen molar-refractivity contribution in [3.63, 3.8) is 0 Å². The van der Waals surface area contributed by atoms with E-state index in [1.54, 1.807) is 6.08 Å². The number of nitro groups is 1. The van der Waals surface area contributed by atoms with Crippen LogP contribution >= 0.6 is 0 Å². The number of hydrogen-bond donors (Lipinski definition) is 0. The van der Waals surface area contributed by atoms with Crippen molar-refractivity contribution >= 4 is 26.4 Å². The molecule has 0 aliphatic rings. The second-order valence-corrected chi connectivity index (χ2v) is 6.00. The molecule has 0 aromatic heterocycles. The third kappa shape index (κ3) is 4.51. The molecule has 0 heterocycles. The summed E-state index contributed by atoms with van der Waals surface area (Å²) >= 11 is 0.562. The Morgan fingerprint density at radius 3 is 2.59 bits per heavy atom. The van der Waals surface area contributed by atoms with E-state index in [9.17, 15) is 14.9 Å². The minimum atomic E-state index is -0.478. The summed E-state index contributed by atoms with van der Waals surface area (Å²) < 4.78 is 0. The molecule has 4 nitrogen and oxygen atoms in total. The van der Waals surface area contributed by atoms with E-state index in [0.29, 0.717) is 20.5 Å². The molecule has 0 aliphatic heterocycles. The average Bonchev–Trinajstić information content (AvgIpc) is 2.34. The molecular formula is C12H13NO3Se. The predicted molar refractivity (Wildman–Crippen MR) is 67.6 cm³/mol. The summed E-state index contributed by atoms with van der Waals surface area (Å²) in [7, 11) is 0. The van der Waals surface area contributed by atoms with Crippen molar-refractivity contribution < 1.29 is 9.72 Å². The molecule has 1 aromatic rings. The number of nitro benzene ring substituents is 1. The van der Waals surface area contributed by atoms with Crippen molar-refractivity contribution in [3.05, 3.63) is 52.1 Å². The number of carbonyl (C=O) groups excluding carboxylic acids is 1. The molecule has 1 rings (SSSR count). The van der Waals surface area contributed by atoms with E-state index in [1.807, 2.05) is 6.08 Å². The van der Waals surface area contributed by atoms with Gasteiger partial charge in [-0.05, 0) is 0 Å². The number of rotatable bonds is 6. The first-order valence-electron chi connectivity index (χ1n) is 5.18. The van der Waals surface area contributed by atoms with Crippen LogP contribution in [0.15, 0.2) is 36.4 Å². The zero-order valence-corrected chi connectivity index (χ0v) is 11.2.